The summed E-state index contributed by atoms with van der Waals surface area (Å²) in [7, 11) is 0. The third kappa shape index (κ3) is 5.33. The molecule has 4 aromatic heterocycles. The normalized spacial score (nSPS) is 15.6. The lowest BCUT2D eigenvalue weighted by Gasteiger charge is -2.39. The smallest absolute Gasteiger partial charge is 0.422 e. The number of halogens is 4. The van der Waals surface area contributed by atoms with E-state index in [9.17, 15) is 18.0 Å². The van der Waals surface area contributed by atoms with Crippen LogP contribution in [0, 0.1) is 5.82 Å². The van der Waals surface area contributed by atoms with Gasteiger partial charge in [0.2, 0.25) is 11.9 Å². The van der Waals surface area contributed by atoms with Crippen molar-refractivity contribution in [2.24, 2.45) is 0 Å². The van der Waals surface area contributed by atoms with Crippen LogP contribution in [0.15, 0.2) is 62.0 Å². The number of rotatable bonds is 6. The van der Waals surface area contributed by atoms with Crippen molar-refractivity contribution in [2.45, 2.75) is 19.1 Å². The fourth-order valence-electron chi connectivity index (χ4n) is 4.79. The standard InChI is InChI=1S/C27H22F4N10O2/c1-3-21(42)40-9-8-39(12-15(40)2)26-32-11-18-24(38-26)25(35-13-33-18)37-17-4-5-19(22(23(17)28)27(29,30)31)43-16-6-7-41-20(10-16)34-14-36-41/h3-7,10-11,13-15H,1,8-9,12H2,2H3,(H,33,35,37)/t15-/m1/s1. The first-order valence-electron chi connectivity index (χ1n) is 12.9. The Kier molecular flexibility index (Phi) is 6.95. The molecule has 1 aromatic carbocycles. The van der Waals surface area contributed by atoms with E-state index in [1.165, 1.54) is 41.4 Å². The van der Waals surface area contributed by atoms with Crippen LogP contribution in [-0.4, -0.2) is 71.0 Å². The molecule has 220 valence electrons. The van der Waals surface area contributed by atoms with E-state index < -0.39 is 29.0 Å². The summed E-state index contributed by atoms with van der Waals surface area (Å²) >= 11 is 0. The average Bonchev–Trinajstić information content (AvgIpc) is 3.45. The minimum atomic E-state index is -5.09. The van der Waals surface area contributed by atoms with E-state index in [1.807, 2.05) is 11.8 Å². The van der Waals surface area contributed by atoms with Gasteiger partial charge in [-0.05, 0) is 31.2 Å². The Bertz CT molecular complexity index is 1860. The van der Waals surface area contributed by atoms with Crippen LogP contribution in [0.2, 0.25) is 0 Å². The third-order valence-electron chi connectivity index (χ3n) is 6.85. The van der Waals surface area contributed by atoms with Gasteiger partial charge < -0.3 is 19.9 Å². The van der Waals surface area contributed by atoms with Gasteiger partial charge in [0, 0.05) is 37.9 Å². The lowest BCUT2D eigenvalue weighted by atomic mass is 10.1. The number of alkyl halides is 3. The molecule has 1 aliphatic heterocycles. The highest BCUT2D eigenvalue weighted by Crippen LogP contribution is 2.43. The highest BCUT2D eigenvalue weighted by Gasteiger charge is 2.39. The van der Waals surface area contributed by atoms with Crippen molar-refractivity contribution in [2.75, 3.05) is 29.9 Å². The van der Waals surface area contributed by atoms with Gasteiger partial charge in [-0.25, -0.2) is 33.8 Å². The van der Waals surface area contributed by atoms with E-state index in [0.29, 0.717) is 31.2 Å². The van der Waals surface area contributed by atoms with Crippen molar-refractivity contribution >= 4 is 40.0 Å². The number of fused-ring (bicyclic) bond motifs is 2. The molecule has 16 heteroatoms. The Morgan fingerprint density at radius 3 is 2.74 bits per heavy atom. The average molecular weight is 595 g/mol. The number of carbonyl (C=O) groups is 1. The molecule has 5 aromatic rings. The predicted octanol–water partition coefficient (Wildman–Crippen LogP) is 4.38. The number of amides is 1. The summed E-state index contributed by atoms with van der Waals surface area (Å²) in [6, 6.07) is 4.73. The molecule has 1 amide bonds. The summed E-state index contributed by atoms with van der Waals surface area (Å²) < 4.78 is 64.8. The Hall–Kier alpha value is -5.41. The lowest BCUT2D eigenvalue weighted by molar-refractivity contribution is -0.141. The van der Waals surface area contributed by atoms with Crippen molar-refractivity contribution in [3.8, 4) is 11.5 Å². The lowest BCUT2D eigenvalue weighted by Crippen LogP contribution is -2.54. The topological polar surface area (TPSA) is 127 Å². The zero-order valence-corrected chi connectivity index (χ0v) is 22.5. The zero-order valence-electron chi connectivity index (χ0n) is 22.5. The van der Waals surface area contributed by atoms with Gasteiger partial charge in [-0.2, -0.15) is 18.3 Å². The summed E-state index contributed by atoms with van der Waals surface area (Å²) in [5.41, 5.74) is -1.32. The van der Waals surface area contributed by atoms with Crippen molar-refractivity contribution in [3.63, 3.8) is 0 Å². The second-order valence-electron chi connectivity index (χ2n) is 9.61. The van der Waals surface area contributed by atoms with Crippen LogP contribution < -0.4 is 15.0 Å². The van der Waals surface area contributed by atoms with Crippen molar-refractivity contribution in [3.05, 3.63) is 73.3 Å². The number of ether oxygens (including phenoxy) is 1. The molecule has 1 fully saturated rings. The highest BCUT2D eigenvalue weighted by molar-refractivity contribution is 5.88. The van der Waals surface area contributed by atoms with Crippen LogP contribution in [0.25, 0.3) is 16.7 Å². The zero-order chi connectivity index (χ0) is 30.3. The van der Waals surface area contributed by atoms with E-state index in [1.54, 1.807) is 4.90 Å². The number of pyridine rings is 1. The third-order valence-corrected chi connectivity index (χ3v) is 6.85. The molecule has 1 atom stereocenters. The quantitative estimate of drug-likeness (QED) is 0.224. The van der Waals surface area contributed by atoms with Gasteiger partial charge >= 0.3 is 6.18 Å². The Morgan fingerprint density at radius 1 is 1.14 bits per heavy atom. The number of nitrogens with zero attached hydrogens (tertiary/aromatic N) is 9. The molecule has 6 rings (SSSR count). The van der Waals surface area contributed by atoms with Crippen LogP contribution in [0.5, 0.6) is 11.5 Å². The molecule has 0 spiro atoms. The minimum absolute atomic E-state index is 0.0149. The molecule has 1 N–H and O–H groups in total. The maximum atomic E-state index is 15.6. The molecular formula is C27H22F4N10O2. The number of hydrogen-bond acceptors (Lipinski definition) is 10. The van der Waals surface area contributed by atoms with Gasteiger partial charge in [-0.1, -0.05) is 6.58 Å². The van der Waals surface area contributed by atoms with Crippen molar-refractivity contribution in [1.82, 2.24) is 39.4 Å². The first-order chi connectivity index (χ1) is 20.6. The number of piperazine rings is 1. The van der Waals surface area contributed by atoms with Gasteiger partial charge in [0.1, 0.15) is 40.8 Å². The molecular weight excluding hydrogens is 572 g/mol. The number of aromatic nitrogens is 7. The highest BCUT2D eigenvalue weighted by atomic mass is 19.4. The van der Waals surface area contributed by atoms with E-state index in [2.05, 4.69) is 41.9 Å². The Morgan fingerprint density at radius 2 is 1.98 bits per heavy atom. The first-order valence-corrected chi connectivity index (χ1v) is 12.9. The SMILES string of the molecule is C=CC(=O)N1CCN(c2ncc3ncnc(Nc4ccc(Oc5ccn6ncnc6c5)c(C(F)(F)F)c4F)c3n2)C[C@H]1C. The molecule has 5 heterocycles. The maximum Gasteiger partial charge on any atom is 0.422 e. The van der Waals surface area contributed by atoms with E-state index in [0.717, 1.165) is 18.5 Å². The summed E-state index contributed by atoms with van der Waals surface area (Å²) in [5, 5.41) is 6.55. The molecule has 0 bridgehead atoms. The molecule has 43 heavy (non-hydrogen) atoms. The van der Waals surface area contributed by atoms with E-state index >= 15 is 4.39 Å². The molecule has 1 aliphatic rings. The van der Waals surface area contributed by atoms with Crippen LogP contribution >= 0.6 is 0 Å². The molecule has 0 aliphatic carbocycles. The second kappa shape index (κ2) is 10.8. The van der Waals surface area contributed by atoms with Gasteiger partial charge in [0.15, 0.2) is 17.3 Å². The number of nitrogens with one attached hydrogen (secondary N) is 1. The first kappa shape index (κ1) is 27.7. The molecule has 0 saturated carbocycles. The number of benzene rings is 1. The fourth-order valence-corrected chi connectivity index (χ4v) is 4.79. The van der Waals surface area contributed by atoms with Crippen LogP contribution in [0.1, 0.15) is 12.5 Å². The molecule has 0 unspecified atom stereocenters. The summed E-state index contributed by atoms with van der Waals surface area (Å²) in [6.45, 7) is 6.68. The minimum Gasteiger partial charge on any atom is -0.456 e. The van der Waals surface area contributed by atoms with Crippen LogP contribution in [-0.2, 0) is 11.0 Å². The number of carbonyl (C=O) groups excluding carboxylic acids is 1. The monoisotopic (exact) mass is 594 g/mol. The van der Waals surface area contributed by atoms with Gasteiger partial charge in [0.25, 0.3) is 0 Å². The van der Waals surface area contributed by atoms with Crippen LogP contribution in [0.4, 0.5) is 35.0 Å². The van der Waals surface area contributed by atoms with Crippen molar-refractivity contribution < 1.29 is 27.1 Å². The van der Waals surface area contributed by atoms with Gasteiger partial charge in [-0.15, -0.1) is 0 Å². The molecule has 12 nitrogen and oxygen atoms in total. The van der Waals surface area contributed by atoms with Gasteiger partial charge in [0.05, 0.1) is 11.9 Å². The second-order valence-corrected chi connectivity index (χ2v) is 9.61. The fraction of sp³-hybridized carbons (Fsp3) is 0.222. The largest absolute Gasteiger partial charge is 0.456 e. The predicted molar refractivity (Wildman–Crippen MR) is 146 cm³/mol. The van der Waals surface area contributed by atoms with E-state index in [4.69, 9.17) is 4.74 Å². The maximum absolute atomic E-state index is 15.6. The van der Waals surface area contributed by atoms with Crippen molar-refractivity contribution in [1.29, 1.82) is 0 Å². The number of hydrogen-bond donors (Lipinski definition) is 1. The molecule has 1 saturated heterocycles. The summed E-state index contributed by atoms with van der Waals surface area (Å²) in [6.07, 6.45) is 1.50. The summed E-state index contributed by atoms with van der Waals surface area (Å²) in [5.74, 6) is -2.22. The number of anilines is 3. The Balaban J connectivity index is 1.31. The Labute approximate surface area is 240 Å². The van der Waals surface area contributed by atoms with Gasteiger partial charge in [-0.3, -0.25) is 4.79 Å². The molecule has 0 radical (unpaired) electrons. The van der Waals surface area contributed by atoms with E-state index in [-0.39, 0.29) is 34.5 Å². The summed E-state index contributed by atoms with van der Waals surface area (Å²) in [4.78, 5) is 36.7. The van der Waals surface area contributed by atoms with Crippen LogP contribution in [0.3, 0.4) is 0 Å².